The van der Waals surface area contributed by atoms with Crippen LogP contribution in [-0.4, -0.2) is 26.6 Å². The van der Waals surface area contributed by atoms with E-state index in [-0.39, 0.29) is 24.7 Å². The minimum absolute atomic E-state index is 0. The van der Waals surface area contributed by atoms with Gasteiger partial charge < -0.3 is 22.2 Å². The van der Waals surface area contributed by atoms with E-state index in [1.165, 1.54) is 6.07 Å². The minimum atomic E-state index is -0.408. The third kappa shape index (κ3) is 4.76. The Hall–Kier alpha value is -2.27. The van der Waals surface area contributed by atoms with Gasteiger partial charge in [0.05, 0.1) is 9.80 Å². The maximum Gasteiger partial charge on any atom is 0.284 e. The zero-order valence-corrected chi connectivity index (χ0v) is 17.5. The van der Waals surface area contributed by atoms with Crippen LogP contribution in [0.25, 0.3) is 5.69 Å². The molecule has 0 amide bonds. The van der Waals surface area contributed by atoms with Crippen LogP contribution in [0.2, 0.25) is 0 Å². The van der Waals surface area contributed by atoms with E-state index in [0.29, 0.717) is 23.0 Å². The number of halogens is 1. The molecule has 0 saturated heterocycles. The van der Waals surface area contributed by atoms with Gasteiger partial charge in [0.25, 0.3) is 11.4 Å². The lowest BCUT2D eigenvalue weighted by Gasteiger charge is -2.07. The van der Waals surface area contributed by atoms with Crippen molar-refractivity contribution in [3.05, 3.63) is 62.5 Å². The van der Waals surface area contributed by atoms with E-state index >= 15 is 0 Å². The Morgan fingerprint density at radius 1 is 1.36 bits per heavy atom. The van der Waals surface area contributed by atoms with E-state index in [2.05, 4.69) is 14.7 Å². The van der Waals surface area contributed by atoms with E-state index in [9.17, 15) is 15.2 Å². The first-order valence-electron chi connectivity index (χ1n) is 8.11. The summed E-state index contributed by atoms with van der Waals surface area (Å²) in [5.41, 5.74) is 3.71. The fourth-order valence-corrected chi connectivity index (χ4v) is 4.24. The van der Waals surface area contributed by atoms with E-state index in [1.807, 2.05) is 17.0 Å². The van der Waals surface area contributed by atoms with Crippen LogP contribution in [0.15, 0.2) is 40.9 Å². The van der Waals surface area contributed by atoms with Crippen molar-refractivity contribution in [3.8, 4) is 5.69 Å². The molecular formula is C17H18ClN5O3S2. The summed E-state index contributed by atoms with van der Waals surface area (Å²) in [5.74, 6) is 1.15. The van der Waals surface area contributed by atoms with Crippen molar-refractivity contribution < 1.29 is 27.0 Å². The molecule has 0 aliphatic rings. The molecule has 0 saturated carbocycles. The lowest BCUT2D eigenvalue weighted by molar-refractivity contribution is -0.597. The number of anilines is 1. The number of nitrogens with one attached hydrogen (secondary N) is 1. The standard InChI is InChI=1S/C17H18N5O3S2.ClH/c1-11-15(7-8-23)26-10-21(11)14-9-18-12(2)19-17(14)20-27-16-6-4-3-5-13(16)22(24)25;/h3-6,9-10,23H,7-8H2,1-2H3,(H,18,19,20);1H/q+1;/p-1. The van der Waals surface area contributed by atoms with Crippen LogP contribution in [0.1, 0.15) is 16.4 Å². The predicted molar refractivity (Wildman–Crippen MR) is 104 cm³/mol. The molecule has 0 fully saturated rings. The lowest BCUT2D eigenvalue weighted by Crippen LogP contribution is -3.00. The van der Waals surface area contributed by atoms with Gasteiger partial charge in [-0.05, 0) is 24.9 Å². The molecule has 0 aliphatic carbocycles. The SMILES string of the molecule is Cc1ncc(-[n+]2csc(CCO)c2C)c(NSc2ccccc2[N+](=O)[O-])n1.[Cl-]. The summed E-state index contributed by atoms with van der Waals surface area (Å²) in [4.78, 5) is 21.1. The average molecular weight is 440 g/mol. The van der Waals surface area contributed by atoms with Crippen LogP contribution >= 0.6 is 23.3 Å². The second kappa shape index (κ2) is 9.78. The molecule has 0 aliphatic heterocycles. The molecule has 3 aromatic rings. The fraction of sp³-hybridized carbons (Fsp3) is 0.235. The Labute approximate surface area is 176 Å². The van der Waals surface area contributed by atoms with Crippen LogP contribution in [0, 0.1) is 24.0 Å². The van der Waals surface area contributed by atoms with E-state index in [1.54, 1.807) is 42.7 Å². The van der Waals surface area contributed by atoms with Gasteiger partial charge in [-0.1, -0.05) is 23.5 Å². The van der Waals surface area contributed by atoms with Gasteiger partial charge in [-0.3, -0.25) is 10.1 Å². The number of aliphatic hydroxyl groups is 1. The zero-order chi connectivity index (χ0) is 19.4. The molecule has 2 heterocycles. The molecule has 1 aromatic carbocycles. The van der Waals surface area contributed by atoms with Crippen molar-refractivity contribution in [3.63, 3.8) is 0 Å². The van der Waals surface area contributed by atoms with E-state index in [0.717, 1.165) is 28.2 Å². The lowest BCUT2D eigenvalue weighted by atomic mass is 10.3. The van der Waals surface area contributed by atoms with Crippen LogP contribution in [0.4, 0.5) is 11.5 Å². The Balaban J connectivity index is 0.00000280. The number of nitrogens with zero attached hydrogens (tertiary/aromatic N) is 4. The second-order valence-corrected chi connectivity index (χ2v) is 7.44. The highest BCUT2D eigenvalue weighted by atomic mass is 35.5. The molecule has 11 heteroatoms. The van der Waals surface area contributed by atoms with Gasteiger partial charge in [0.2, 0.25) is 11.3 Å². The molecular weight excluding hydrogens is 422 g/mol. The van der Waals surface area contributed by atoms with Gasteiger partial charge in [-0.2, -0.15) is 0 Å². The normalized spacial score (nSPS) is 10.4. The summed E-state index contributed by atoms with van der Waals surface area (Å²) in [6.45, 7) is 3.84. The van der Waals surface area contributed by atoms with Crippen molar-refractivity contribution >= 4 is 34.8 Å². The predicted octanol–water partition coefficient (Wildman–Crippen LogP) is -0.00216. The van der Waals surface area contributed by atoms with Gasteiger partial charge in [0.15, 0.2) is 5.69 Å². The highest BCUT2D eigenvalue weighted by Crippen LogP contribution is 2.30. The molecule has 2 N–H and O–H groups in total. The topological polar surface area (TPSA) is 105 Å². The summed E-state index contributed by atoms with van der Waals surface area (Å²) >= 11 is 2.69. The number of hydrogen-bond acceptors (Lipinski definition) is 8. The number of rotatable bonds is 7. The first-order valence-corrected chi connectivity index (χ1v) is 9.80. The molecule has 28 heavy (non-hydrogen) atoms. The third-order valence-electron chi connectivity index (χ3n) is 3.87. The summed E-state index contributed by atoms with van der Waals surface area (Å²) in [6, 6.07) is 6.54. The summed E-state index contributed by atoms with van der Waals surface area (Å²) in [7, 11) is 0. The Kier molecular flexibility index (Phi) is 7.69. The first kappa shape index (κ1) is 22.0. The number of nitro groups is 1. The molecule has 8 nitrogen and oxygen atoms in total. The van der Waals surface area contributed by atoms with Crippen LogP contribution < -0.4 is 21.7 Å². The van der Waals surface area contributed by atoms with Gasteiger partial charge in [0, 0.05) is 26.0 Å². The Bertz CT molecular complexity index is 983. The summed E-state index contributed by atoms with van der Waals surface area (Å²) in [6.07, 6.45) is 2.30. The van der Waals surface area contributed by atoms with Crippen molar-refractivity contribution in [1.29, 1.82) is 0 Å². The van der Waals surface area contributed by atoms with Gasteiger partial charge in [0.1, 0.15) is 16.9 Å². The fourth-order valence-electron chi connectivity index (χ4n) is 2.51. The average Bonchev–Trinajstić information content (AvgIpc) is 3.01. The van der Waals surface area contributed by atoms with Crippen LogP contribution in [0.3, 0.4) is 0 Å². The van der Waals surface area contributed by atoms with Crippen molar-refractivity contribution in [2.75, 3.05) is 11.3 Å². The Morgan fingerprint density at radius 3 is 2.82 bits per heavy atom. The number of para-hydroxylation sites is 1. The molecule has 2 aromatic heterocycles. The smallest absolute Gasteiger partial charge is 0.284 e. The number of nitro benzene ring substituents is 1. The highest BCUT2D eigenvalue weighted by Gasteiger charge is 2.23. The largest absolute Gasteiger partial charge is 1.00 e. The zero-order valence-electron chi connectivity index (χ0n) is 15.1. The number of aromatic nitrogens is 3. The van der Waals surface area contributed by atoms with Crippen molar-refractivity contribution in [2.45, 2.75) is 25.2 Å². The van der Waals surface area contributed by atoms with Gasteiger partial charge >= 0.3 is 0 Å². The number of thiazole rings is 1. The third-order valence-corrected chi connectivity index (χ3v) is 5.83. The number of hydrogen-bond donors (Lipinski definition) is 2. The second-order valence-electron chi connectivity index (χ2n) is 5.66. The van der Waals surface area contributed by atoms with Crippen LogP contribution in [0.5, 0.6) is 0 Å². The molecule has 3 rings (SSSR count). The number of aryl methyl sites for hydroxylation is 1. The number of benzene rings is 1. The van der Waals surface area contributed by atoms with Gasteiger partial charge in [-0.15, -0.1) is 4.57 Å². The molecule has 0 unspecified atom stereocenters. The Morgan fingerprint density at radius 2 is 2.11 bits per heavy atom. The first-order chi connectivity index (χ1) is 13.0. The van der Waals surface area contributed by atoms with E-state index in [4.69, 9.17) is 0 Å². The molecule has 0 spiro atoms. The van der Waals surface area contributed by atoms with Crippen LogP contribution in [-0.2, 0) is 6.42 Å². The molecule has 0 radical (unpaired) electrons. The van der Waals surface area contributed by atoms with Gasteiger partial charge in [-0.25, -0.2) is 9.97 Å². The van der Waals surface area contributed by atoms with E-state index < -0.39 is 4.92 Å². The summed E-state index contributed by atoms with van der Waals surface area (Å²) in [5, 5.41) is 20.4. The van der Waals surface area contributed by atoms with Crippen molar-refractivity contribution in [2.24, 2.45) is 0 Å². The summed E-state index contributed by atoms with van der Waals surface area (Å²) < 4.78 is 5.08. The maximum atomic E-state index is 11.2. The molecule has 0 atom stereocenters. The highest BCUT2D eigenvalue weighted by molar-refractivity contribution is 8.00. The molecule has 0 bridgehead atoms. The maximum absolute atomic E-state index is 11.2. The molecule has 148 valence electrons. The monoisotopic (exact) mass is 439 g/mol. The van der Waals surface area contributed by atoms with Crippen molar-refractivity contribution in [1.82, 2.24) is 9.97 Å². The quantitative estimate of drug-likeness (QED) is 0.231. The minimum Gasteiger partial charge on any atom is -1.00 e. The number of aliphatic hydroxyl groups excluding tert-OH is 1.